The number of pyridine rings is 2. The first kappa shape index (κ1) is 19.8. The van der Waals surface area contributed by atoms with Crippen LogP contribution in [-0.2, 0) is 19.4 Å². The molecule has 0 bridgehead atoms. The maximum atomic E-state index is 13.2. The summed E-state index contributed by atoms with van der Waals surface area (Å²) >= 11 is 0. The predicted molar refractivity (Wildman–Crippen MR) is 120 cm³/mol. The van der Waals surface area contributed by atoms with Gasteiger partial charge in [0.25, 0.3) is 11.5 Å². The number of hydrogen-bond acceptors (Lipinski definition) is 4. The summed E-state index contributed by atoms with van der Waals surface area (Å²) in [6.07, 6.45) is 11.8. The Labute approximate surface area is 180 Å². The largest absolute Gasteiger partial charge is 0.364 e. The van der Waals surface area contributed by atoms with Gasteiger partial charge in [0.1, 0.15) is 5.69 Å². The van der Waals surface area contributed by atoms with Gasteiger partial charge in [-0.05, 0) is 55.9 Å². The molecule has 3 heterocycles. The molecule has 3 aromatic rings. The lowest BCUT2D eigenvalue weighted by atomic mass is 9.93. The van der Waals surface area contributed by atoms with Gasteiger partial charge in [-0.3, -0.25) is 14.6 Å². The van der Waals surface area contributed by atoms with E-state index >= 15 is 0 Å². The molecular weight excluding hydrogens is 390 g/mol. The van der Waals surface area contributed by atoms with Gasteiger partial charge in [0, 0.05) is 49.0 Å². The van der Waals surface area contributed by atoms with E-state index in [9.17, 15) is 9.59 Å². The Hall–Kier alpha value is -3.19. The summed E-state index contributed by atoms with van der Waals surface area (Å²) in [6.45, 7) is 1.33. The SMILES string of the molecule is O=C(Nc1cccn(CCNC2CCC2)c1=O)c1c[nH]c2c1-c1ncccc1CCC2. The smallest absolute Gasteiger partial charge is 0.274 e. The van der Waals surface area contributed by atoms with Crippen LogP contribution in [0, 0.1) is 0 Å². The number of aromatic amines is 1. The Kier molecular flexibility index (Phi) is 5.42. The minimum absolute atomic E-state index is 0.189. The van der Waals surface area contributed by atoms with Crippen molar-refractivity contribution >= 4 is 11.6 Å². The zero-order valence-corrected chi connectivity index (χ0v) is 17.5. The van der Waals surface area contributed by atoms with Crippen molar-refractivity contribution in [1.82, 2.24) is 19.9 Å². The highest BCUT2D eigenvalue weighted by atomic mass is 16.2. The number of aryl methyl sites for hydroxylation is 2. The number of hydrogen-bond donors (Lipinski definition) is 3. The van der Waals surface area contributed by atoms with Gasteiger partial charge in [0.2, 0.25) is 0 Å². The lowest BCUT2D eigenvalue weighted by Crippen LogP contribution is -2.38. The van der Waals surface area contributed by atoms with E-state index < -0.39 is 0 Å². The molecule has 1 fully saturated rings. The molecule has 5 rings (SSSR count). The fourth-order valence-corrected chi connectivity index (χ4v) is 4.43. The summed E-state index contributed by atoms with van der Waals surface area (Å²) < 4.78 is 1.65. The normalized spacial score (nSPS) is 15.5. The van der Waals surface area contributed by atoms with Crippen molar-refractivity contribution in [3.05, 3.63) is 70.0 Å². The van der Waals surface area contributed by atoms with Gasteiger partial charge in [-0.2, -0.15) is 0 Å². The molecule has 0 radical (unpaired) electrons. The first-order chi connectivity index (χ1) is 15.2. The average molecular weight is 418 g/mol. The fraction of sp³-hybridized carbons (Fsp3) is 0.375. The number of nitrogens with one attached hydrogen (secondary N) is 3. The van der Waals surface area contributed by atoms with E-state index in [-0.39, 0.29) is 11.5 Å². The van der Waals surface area contributed by atoms with Crippen LogP contribution in [-0.4, -0.2) is 33.0 Å². The van der Waals surface area contributed by atoms with Crippen molar-refractivity contribution in [2.75, 3.05) is 11.9 Å². The van der Waals surface area contributed by atoms with Gasteiger partial charge in [-0.25, -0.2) is 0 Å². The van der Waals surface area contributed by atoms with Gasteiger partial charge >= 0.3 is 0 Å². The van der Waals surface area contributed by atoms with Crippen LogP contribution in [0.4, 0.5) is 5.69 Å². The van der Waals surface area contributed by atoms with Crippen LogP contribution in [0.2, 0.25) is 0 Å². The van der Waals surface area contributed by atoms with E-state index in [2.05, 4.69) is 26.7 Å². The molecule has 0 saturated heterocycles. The maximum absolute atomic E-state index is 13.2. The quantitative estimate of drug-likeness (QED) is 0.575. The molecule has 2 aliphatic rings. The minimum Gasteiger partial charge on any atom is -0.364 e. The van der Waals surface area contributed by atoms with Crippen LogP contribution in [0.3, 0.4) is 0 Å². The van der Waals surface area contributed by atoms with E-state index in [0.717, 1.165) is 48.3 Å². The Morgan fingerprint density at radius 2 is 2.10 bits per heavy atom. The van der Waals surface area contributed by atoms with Crippen molar-refractivity contribution < 1.29 is 4.79 Å². The highest BCUT2D eigenvalue weighted by Crippen LogP contribution is 2.33. The van der Waals surface area contributed by atoms with Crippen LogP contribution in [0.25, 0.3) is 11.3 Å². The Morgan fingerprint density at radius 3 is 2.94 bits per heavy atom. The molecule has 0 aromatic carbocycles. The van der Waals surface area contributed by atoms with Crippen LogP contribution in [0.15, 0.2) is 47.7 Å². The van der Waals surface area contributed by atoms with Crippen LogP contribution < -0.4 is 16.2 Å². The number of H-pyrrole nitrogens is 1. The van der Waals surface area contributed by atoms with E-state index in [0.29, 0.717) is 23.8 Å². The topological polar surface area (TPSA) is 91.8 Å². The molecule has 1 amide bonds. The highest BCUT2D eigenvalue weighted by molar-refractivity contribution is 6.09. The second-order valence-corrected chi connectivity index (χ2v) is 8.38. The third kappa shape index (κ3) is 3.93. The summed E-state index contributed by atoms with van der Waals surface area (Å²) in [4.78, 5) is 33.9. The van der Waals surface area contributed by atoms with Crippen molar-refractivity contribution in [2.45, 2.75) is 51.1 Å². The Balaban J connectivity index is 1.37. The fourth-order valence-electron chi connectivity index (χ4n) is 4.43. The van der Waals surface area contributed by atoms with Crippen molar-refractivity contribution in [2.24, 2.45) is 0 Å². The number of anilines is 1. The van der Waals surface area contributed by atoms with Gasteiger partial charge in [0.05, 0.1) is 11.3 Å². The van der Waals surface area contributed by atoms with Crippen molar-refractivity contribution in [1.29, 1.82) is 0 Å². The molecule has 0 unspecified atom stereocenters. The van der Waals surface area contributed by atoms with E-state index in [1.54, 1.807) is 35.3 Å². The summed E-state index contributed by atoms with van der Waals surface area (Å²) in [5.41, 5.74) is 4.51. The maximum Gasteiger partial charge on any atom is 0.274 e. The second-order valence-electron chi connectivity index (χ2n) is 8.38. The third-order valence-corrected chi connectivity index (χ3v) is 6.37. The lowest BCUT2D eigenvalue weighted by Gasteiger charge is -2.26. The molecule has 7 heteroatoms. The molecular formula is C24H27N5O2. The van der Waals surface area contributed by atoms with Crippen LogP contribution in [0.1, 0.15) is 47.3 Å². The number of fused-ring (bicyclic) bond motifs is 3. The molecule has 0 aliphatic heterocycles. The molecule has 3 N–H and O–H groups in total. The predicted octanol–water partition coefficient (Wildman–Crippen LogP) is 3.12. The first-order valence-corrected chi connectivity index (χ1v) is 11.1. The average Bonchev–Trinajstić information content (AvgIpc) is 3.08. The minimum atomic E-state index is -0.293. The number of carbonyl (C=O) groups excluding carboxylic acids is 1. The number of rotatable bonds is 6. The van der Waals surface area contributed by atoms with Gasteiger partial charge in [-0.1, -0.05) is 12.5 Å². The summed E-state index contributed by atoms with van der Waals surface area (Å²) in [6, 6.07) is 8.05. The van der Waals surface area contributed by atoms with Crippen LogP contribution >= 0.6 is 0 Å². The standard InChI is InChI=1S/C24H27N5O2/c30-23(18-15-27-19-9-1-5-16-6-3-11-26-22(16)21(18)19)28-20-10-4-13-29(24(20)31)14-12-25-17-7-2-8-17/h3-4,6,10-11,13,15,17,25,27H,1-2,5,7-9,12,14H2,(H,28,30). The van der Waals surface area contributed by atoms with E-state index in [1.165, 1.54) is 19.3 Å². The molecule has 7 nitrogen and oxygen atoms in total. The Bertz CT molecular complexity index is 1160. The van der Waals surface area contributed by atoms with E-state index in [1.807, 2.05) is 6.07 Å². The monoisotopic (exact) mass is 417 g/mol. The van der Waals surface area contributed by atoms with Crippen molar-refractivity contribution in [3.8, 4) is 11.3 Å². The first-order valence-electron chi connectivity index (χ1n) is 11.1. The zero-order chi connectivity index (χ0) is 21.2. The van der Waals surface area contributed by atoms with E-state index in [4.69, 9.17) is 0 Å². The van der Waals surface area contributed by atoms with Gasteiger partial charge in [0.15, 0.2) is 0 Å². The van der Waals surface area contributed by atoms with Crippen molar-refractivity contribution in [3.63, 3.8) is 0 Å². The van der Waals surface area contributed by atoms with Gasteiger partial charge < -0.3 is 20.2 Å². The highest BCUT2D eigenvalue weighted by Gasteiger charge is 2.24. The lowest BCUT2D eigenvalue weighted by molar-refractivity contribution is 0.102. The second kappa shape index (κ2) is 8.51. The number of amides is 1. The summed E-state index contributed by atoms with van der Waals surface area (Å²) in [5.74, 6) is -0.293. The zero-order valence-electron chi connectivity index (χ0n) is 17.5. The molecule has 2 aliphatic carbocycles. The summed E-state index contributed by atoms with van der Waals surface area (Å²) in [7, 11) is 0. The molecule has 1 saturated carbocycles. The van der Waals surface area contributed by atoms with Gasteiger partial charge in [-0.15, -0.1) is 0 Å². The third-order valence-electron chi connectivity index (χ3n) is 6.37. The molecule has 160 valence electrons. The molecule has 0 atom stereocenters. The molecule has 31 heavy (non-hydrogen) atoms. The number of carbonyl (C=O) groups is 1. The van der Waals surface area contributed by atoms with Crippen LogP contribution in [0.5, 0.6) is 0 Å². The number of nitrogens with zero attached hydrogens (tertiary/aromatic N) is 2. The molecule has 3 aromatic heterocycles. The number of aromatic nitrogens is 3. The molecule has 0 spiro atoms. The summed E-state index contributed by atoms with van der Waals surface area (Å²) in [5, 5.41) is 6.30. The Morgan fingerprint density at radius 1 is 1.19 bits per heavy atom.